The minimum atomic E-state index is -0.155. The normalized spacial score (nSPS) is 15.5. The van der Waals surface area contributed by atoms with Gasteiger partial charge in [0.2, 0.25) is 5.91 Å². The molecule has 29 heavy (non-hydrogen) atoms. The molecule has 0 spiro atoms. The van der Waals surface area contributed by atoms with Crippen molar-refractivity contribution in [3.8, 4) is 10.6 Å². The Labute approximate surface area is 174 Å². The molecule has 8 heteroatoms. The van der Waals surface area contributed by atoms with Crippen LogP contribution in [0.3, 0.4) is 0 Å². The van der Waals surface area contributed by atoms with E-state index in [9.17, 15) is 4.79 Å². The van der Waals surface area contributed by atoms with E-state index in [2.05, 4.69) is 56.6 Å². The van der Waals surface area contributed by atoms with Crippen LogP contribution >= 0.6 is 11.3 Å². The number of hydrogen-bond acceptors (Lipinski definition) is 7. The molecule has 0 bridgehead atoms. The van der Waals surface area contributed by atoms with Gasteiger partial charge in [0.05, 0.1) is 12.1 Å². The fourth-order valence-corrected chi connectivity index (χ4v) is 4.14. The quantitative estimate of drug-likeness (QED) is 0.672. The number of nitrogens with zero attached hydrogens (tertiary/aromatic N) is 4. The van der Waals surface area contributed by atoms with Crippen LogP contribution in [-0.4, -0.2) is 59.1 Å². The molecule has 3 heterocycles. The van der Waals surface area contributed by atoms with E-state index < -0.39 is 0 Å². The molecule has 0 unspecified atom stereocenters. The summed E-state index contributed by atoms with van der Waals surface area (Å²) in [7, 11) is 2.17. The lowest BCUT2D eigenvalue weighted by atomic mass is 10.1. The van der Waals surface area contributed by atoms with Crippen molar-refractivity contribution in [3.05, 3.63) is 52.7 Å². The highest BCUT2D eigenvalue weighted by Crippen LogP contribution is 2.25. The maximum absolute atomic E-state index is 12.2. The number of rotatable bonds is 6. The molecule has 1 aromatic carbocycles. The molecule has 4 rings (SSSR count). The Morgan fingerprint density at radius 3 is 2.66 bits per heavy atom. The standard InChI is InChI=1S/C21H25N5O2S/c1-15-11-19(24-28-15)23-20(27)12-18-14-29-21(22-18)17-5-3-16(4-6-17)13-26-9-7-25(2)8-10-26/h3-6,11,14H,7-10,12-13H2,1-2H3,(H,23,24,27). The monoisotopic (exact) mass is 411 g/mol. The van der Waals surface area contributed by atoms with Crippen LogP contribution in [0.4, 0.5) is 5.82 Å². The number of thiazole rings is 1. The van der Waals surface area contributed by atoms with Crippen molar-refractivity contribution in [3.63, 3.8) is 0 Å². The van der Waals surface area contributed by atoms with Crippen LogP contribution in [0.5, 0.6) is 0 Å². The Balaban J connectivity index is 1.33. The molecule has 0 atom stereocenters. The van der Waals surface area contributed by atoms with Gasteiger partial charge in [-0.1, -0.05) is 29.4 Å². The number of nitrogens with one attached hydrogen (secondary N) is 1. The zero-order valence-electron chi connectivity index (χ0n) is 16.7. The van der Waals surface area contributed by atoms with E-state index in [4.69, 9.17) is 4.52 Å². The van der Waals surface area contributed by atoms with Crippen molar-refractivity contribution in [2.45, 2.75) is 19.9 Å². The van der Waals surface area contributed by atoms with Crippen LogP contribution in [0.1, 0.15) is 17.0 Å². The van der Waals surface area contributed by atoms with E-state index in [-0.39, 0.29) is 12.3 Å². The number of benzene rings is 1. The molecule has 1 saturated heterocycles. The van der Waals surface area contributed by atoms with Crippen LogP contribution < -0.4 is 5.32 Å². The molecule has 7 nitrogen and oxygen atoms in total. The molecule has 0 radical (unpaired) electrons. The third-order valence-corrected chi connectivity index (χ3v) is 5.93. The first-order valence-corrected chi connectivity index (χ1v) is 10.6. The van der Waals surface area contributed by atoms with Crippen LogP contribution in [0.15, 0.2) is 40.2 Å². The summed E-state index contributed by atoms with van der Waals surface area (Å²) >= 11 is 1.56. The maximum atomic E-state index is 12.2. The zero-order valence-corrected chi connectivity index (χ0v) is 17.5. The number of carbonyl (C=O) groups excluding carboxylic acids is 1. The summed E-state index contributed by atoms with van der Waals surface area (Å²) < 4.78 is 4.96. The lowest BCUT2D eigenvalue weighted by Gasteiger charge is -2.32. The van der Waals surface area contributed by atoms with E-state index in [1.807, 2.05) is 5.38 Å². The minimum absolute atomic E-state index is 0.155. The third-order valence-electron chi connectivity index (χ3n) is 4.99. The highest BCUT2D eigenvalue weighted by molar-refractivity contribution is 7.13. The van der Waals surface area contributed by atoms with Crippen molar-refractivity contribution >= 4 is 23.1 Å². The number of piperazine rings is 1. The Kier molecular flexibility index (Phi) is 6.03. The molecular weight excluding hydrogens is 386 g/mol. The Morgan fingerprint density at radius 2 is 1.97 bits per heavy atom. The molecule has 1 aliphatic heterocycles. The van der Waals surface area contributed by atoms with Crippen LogP contribution in [-0.2, 0) is 17.8 Å². The molecular formula is C21H25N5O2S. The average molecular weight is 412 g/mol. The van der Waals surface area contributed by atoms with Gasteiger partial charge in [0.15, 0.2) is 5.82 Å². The molecule has 1 amide bonds. The van der Waals surface area contributed by atoms with Crippen molar-refractivity contribution in [2.24, 2.45) is 0 Å². The second-order valence-electron chi connectivity index (χ2n) is 7.47. The van der Waals surface area contributed by atoms with Crippen molar-refractivity contribution in [1.82, 2.24) is 19.9 Å². The Bertz CT molecular complexity index is 958. The van der Waals surface area contributed by atoms with Gasteiger partial charge in [-0.2, -0.15) is 0 Å². The first-order chi connectivity index (χ1) is 14.0. The number of likely N-dealkylation sites (N-methyl/N-ethyl adjacent to an activating group) is 1. The van der Waals surface area contributed by atoms with Crippen molar-refractivity contribution in [2.75, 3.05) is 38.5 Å². The van der Waals surface area contributed by atoms with Gasteiger partial charge in [0.1, 0.15) is 10.8 Å². The topological polar surface area (TPSA) is 74.5 Å². The lowest BCUT2D eigenvalue weighted by molar-refractivity contribution is -0.115. The fraction of sp³-hybridized carbons (Fsp3) is 0.381. The van der Waals surface area contributed by atoms with Gasteiger partial charge >= 0.3 is 0 Å². The van der Waals surface area contributed by atoms with Gasteiger partial charge in [-0.05, 0) is 19.5 Å². The van der Waals surface area contributed by atoms with E-state index in [1.165, 1.54) is 5.56 Å². The van der Waals surface area contributed by atoms with Gasteiger partial charge in [0, 0.05) is 49.7 Å². The smallest absolute Gasteiger partial charge is 0.231 e. The van der Waals surface area contributed by atoms with Gasteiger partial charge < -0.3 is 14.7 Å². The predicted molar refractivity (Wildman–Crippen MR) is 114 cm³/mol. The maximum Gasteiger partial charge on any atom is 0.231 e. The SMILES string of the molecule is Cc1cc(NC(=O)Cc2csc(-c3ccc(CN4CCN(C)CC4)cc3)n2)no1. The minimum Gasteiger partial charge on any atom is -0.360 e. The zero-order chi connectivity index (χ0) is 20.2. The summed E-state index contributed by atoms with van der Waals surface area (Å²) in [4.78, 5) is 21.6. The number of amides is 1. The largest absolute Gasteiger partial charge is 0.360 e. The number of carbonyl (C=O) groups is 1. The highest BCUT2D eigenvalue weighted by atomic mass is 32.1. The number of anilines is 1. The van der Waals surface area contributed by atoms with Crippen LogP contribution in [0.25, 0.3) is 10.6 Å². The second-order valence-corrected chi connectivity index (χ2v) is 8.33. The number of aromatic nitrogens is 2. The summed E-state index contributed by atoms with van der Waals surface area (Å²) in [6.07, 6.45) is 0.212. The van der Waals surface area contributed by atoms with Gasteiger partial charge in [-0.15, -0.1) is 11.3 Å². The highest BCUT2D eigenvalue weighted by Gasteiger charge is 2.14. The molecule has 0 aliphatic carbocycles. The molecule has 1 N–H and O–H groups in total. The lowest BCUT2D eigenvalue weighted by Crippen LogP contribution is -2.43. The number of aryl methyl sites for hydroxylation is 1. The molecule has 1 fully saturated rings. The van der Waals surface area contributed by atoms with Crippen LogP contribution in [0.2, 0.25) is 0 Å². The summed E-state index contributed by atoms with van der Waals surface area (Å²) in [5, 5.41) is 9.35. The Hall–Kier alpha value is -2.55. The van der Waals surface area contributed by atoms with E-state index in [0.29, 0.717) is 11.6 Å². The number of hydrogen-bond donors (Lipinski definition) is 1. The third kappa shape index (κ3) is 5.29. The summed E-state index contributed by atoms with van der Waals surface area (Å²) in [5.74, 6) is 0.934. The first-order valence-electron chi connectivity index (χ1n) is 9.73. The molecule has 2 aromatic heterocycles. The van der Waals surface area contributed by atoms with Crippen molar-refractivity contribution < 1.29 is 9.32 Å². The molecule has 152 valence electrons. The molecule has 1 aliphatic rings. The van der Waals surface area contributed by atoms with E-state index >= 15 is 0 Å². The average Bonchev–Trinajstić information content (AvgIpc) is 3.33. The predicted octanol–water partition coefficient (Wildman–Crippen LogP) is 3.04. The van der Waals surface area contributed by atoms with E-state index in [1.54, 1.807) is 24.3 Å². The summed E-state index contributed by atoms with van der Waals surface area (Å²) in [6, 6.07) is 10.3. The van der Waals surface area contributed by atoms with E-state index in [0.717, 1.165) is 49.0 Å². The van der Waals surface area contributed by atoms with Crippen LogP contribution in [0, 0.1) is 6.92 Å². The van der Waals surface area contributed by atoms with Gasteiger partial charge in [-0.3, -0.25) is 9.69 Å². The summed E-state index contributed by atoms with van der Waals surface area (Å²) in [6.45, 7) is 7.26. The molecule has 0 saturated carbocycles. The fourth-order valence-electron chi connectivity index (χ4n) is 3.31. The molecule has 3 aromatic rings. The van der Waals surface area contributed by atoms with Gasteiger partial charge in [0.25, 0.3) is 0 Å². The Morgan fingerprint density at radius 1 is 1.21 bits per heavy atom. The first kappa shape index (κ1) is 19.8. The second kappa shape index (κ2) is 8.86. The van der Waals surface area contributed by atoms with Crippen molar-refractivity contribution in [1.29, 1.82) is 0 Å². The summed E-state index contributed by atoms with van der Waals surface area (Å²) in [5.41, 5.74) is 3.15. The van der Waals surface area contributed by atoms with Gasteiger partial charge in [-0.25, -0.2) is 4.98 Å².